The molecule has 0 unspecified atom stereocenters. The first-order valence-corrected chi connectivity index (χ1v) is 6.59. The van der Waals surface area contributed by atoms with Crippen LogP contribution >= 0.6 is 0 Å². The lowest BCUT2D eigenvalue weighted by Gasteiger charge is -2.08. The highest BCUT2D eigenvalue weighted by Crippen LogP contribution is 2.14. The van der Waals surface area contributed by atoms with Gasteiger partial charge in [0, 0.05) is 5.69 Å². The molecule has 2 nitrogen and oxygen atoms in total. The van der Waals surface area contributed by atoms with Crippen LogP contribution in [0.25, 0.3) is 12.2 Å². The number of hydrogen-bond donors (Lipinski definition) is 1. The van der Waals surface area contributed by atoms with Crippen LogP contribution in [0.1, 0.15) is 6.92 Å². The van der Waals surface area contributed by atoms with Gasteiger partial charge in [0.15, 0.2) is 0 Å². The second-order valence-corrected chi connectivity index (χ2v) is 4.54. The summed E-state index contributed by atoms with van der Waals surface area (Å²) in [6.45, 7) is 6.56. The molecule has 0 spiro atoms. The van der Waals surface area contributed by atoms with E-state index < -0.39 is 0 Å². The highest BCUT2D eigenvalue weighted by Gasteiger charge is 1.98. The fourth-order valence-corrected chi connectivity index (χ4v) is 1.98. The minimum atomic E-state index is 0.501. The normalized spacial score (nSPS) is 12.4. The molecular formula is C18H19NO. The van der Waals surface area contributed by atoms with E-state index in [-0.39, 0.29) is 0 Å². The molecule has 2 heteroatoms. The number of allylic oxidation sites excluding steroid dienone is 1. The Morgan fingerprint density at radius 2 is 1.85 bits per heavy atom. The second-order valence-electron chi connectivity index (χ2n) is 4.54. The van der Waals surface area contributed by atoms with Gasteiger partial charge in [-0.25, -0.2) is 0 Å². The van der Waals surface area contributed by atoms with Crippen LogP contribution in [0.5, 0.6) is 5.75 Å². The minimum absolute atomic E-state index is 0.501. The lowest BCUT2D eigenvalue weighted by Crippen LogP contribution is -2.26. The monoisotopic (exact) mass is 265 g/mol. The van der Waals surface area contributed by atoms with Crippen LogP contribution in [0.2, 0.25) is 0 Å². The molecular weight excluding hydrogens is 246 g/mol. The molecule has 0 heterocycles. The zero-order valence-corrected chi connectivity index (χ0v) is 11.7. The largest absolute Gasteiger partial charge is 0.489 e. The third-order valence-corrected chi connectivity index (χ3v) is 3.01. The Balaban J connectivity index is 2.28. The van der Waals surface area contributed by atoms with Gasteiger partial charge in [-0.15, -0.1) is 0 Å². The Hall–Kier alpha value is -2.48. The number of nitrogen functional groups attached to an aromatic ring is 1. The van der Waals surface area contributed by atoms with E-state index in [1.807, 2.05) is 55.5 Å². The van der Waals surface area contributed by atoms with E-state index in [2.05, 4.69) is 18.7 Å². The van der Waals surface area contributed by atoms with E-state index in [0.717, 1.165) is 27.4 Å². The van der Waals surface area contributed by atoms with E-state index in [9.17, 15) is 0 Å². The van der Waals surface area contributed by atoms with Gasteiger partial charge in [0.25, 0.3) is 0 Å². The van der Waals surface area contributed by atoms with Crippen molar-refractivity contribution in [1.29, 1.82) is 0 Å². The average molecular weight is 265 g/mol. The fourth-order valence-electron chi connectivity index (χ4n) is 1.98. The molecule has 0 radical (unpaired) electrons. The zero-order chi connectivity index (χ0) is 14.4. The molecule has 0 saturated heterocycles. The fraction of sp³-hybridized carbons (Fsp3) is 0.111. The average Bonchev–Trinajstić information content (AvgIpc) is 2.46. The molecule has 20 heavy (non-hydrogen) atoms. The SMILES string of the molecule is C=c1cccc/c1=C(/C=C\C)COc1ccc(N)cc1. The number of anilines is 1. The Labute approximate surface area is 119 Å². The van der Waals surface area contributed by atoms with Gasteiger partial charge < -0.3 is 10.5 Å². The molecule has 0 saturated carbocycles. The Kier molecular flexibility index (Phi) is 4.61. The van der Waals surface area contributed by atoms with Gasteiger partial charge in [0.05, 0.1) is 0 Å². The Morgan fingerprint density at radius 1 is 1.15 bits per heavy atom. The molecule has 2 aromatic rings. The summed E-state index contributed by atoms with van der Waals surface area (Å²) in [5.74, 6) is 0.808. The highest BCUT2D eigenvalue weighted by atomic mass is 16.5. The van der Waals surface area contributed by atoms with Crippen LogP contribution in [0.15, 0.2) is 60.7 Å². The molecule has 2 rings (SSSR count). The van der Waals surface area contributed by atoms with E-state index in [1.165, 1.54) is 0 Å². The van der Waals surface area contributed by atoms with Crippen LogP contribution in [-0.2, 0) is 0 Å². The van der Waals surface area contributed by atoms with Gasteiger partial charge in [-0.05, 0) is 47.2 Å². The van der Waals surface area contributed by atoms with E-state index in [0.29, 0.717) is 6.61 Å². The molecule has 0 amide bonds. The highest BCUT2D eigenvalue weighted by molar-refractivity contribution is 5.58. The third kappa shape index (κ3) is 3.51. The topological polar surface area (TPSA) is 35.2 Å². The van der Waals surface area contributed by atoms with Crippen LogP contribution < -0.4 is 20.9 Å². The van der Waals surface area contributed by atoms with Gasteiger partial charge in [0.2, 0.25) is 0 Å². The number of benzene rings is 2. The van der Waals surface area contributed by atoms with Crippen molar-refractivity contribution in [2.24, 2.45) is 0 Å². The van der Waals surface area contributed by atoms with Crippen molar-refractivity contribution >= 4 is 17.8 Å². The molecule has 0 aromatic heterocycles. The number of ether oxygens (including phenoxy) is 1. The first kappa shape index (κ1) is 13.9. The quantitative estimate of drug-likeness (QED) is 0.862. The number of rotatable bonds is 4. The molecule has 0 bridgehead atoms. The van der Waals surface area contributed by atoms with Gasteiger partial charge >= 0.3 is 0 Å². The summed E-state index contributed by atoms with van der Waals surface area (Å²) in [6.07, 6.45) is 4.06. The van der Waals surface area contributed by atoms with Crippen molar-refractivity contribution in [3.05, 3.63) is 71.1 Å². The second kappa shape index (κ2) is 6.62. The van der Waals surface area contributed by atoms with Gasteiger partial charge in [-0.2, -0.15) is 0 Å². The van der Waals surface area contributed by atoms with Crippen molar-refractivity contribution in [3.8, 4) is 5.75 Å². The van der Waals surface area contributed by atoms with Crippen molar-refractivity contribution in [1.82, 2.24) is 0 Å². The molecule has 102 valence electrons. The van der Waals surface area contributed by atoms with Crippen molar-refractivity contribution < 1.29 is 4.74 Å². The van der Waals surface area contributed by atoms with E-state index in [1.54, 1.807) is 0 Å². The van der Waals surface area contributed by atoms with Crippen LogP contribution in [0.4, 0.5) is 5.69 Å². The summed E-state index contributed by atoms with van der Waals surface area (Å²) in [4.78, 5) is 0. The predicted molar refractivity (Wildman–Crippen MR) is 85.8 cm³/mol. The van der Waals surface area contributed by atoms with Gasteiger partial charge in [-0.1, -0.05) is 43.0 Å². The molecule has 2 aromatic carbocycles. The summed E-state index contributed by atoms with van der Waals surface area (Å²) in [5, 5.41) is 2.11. The first-order chi connectivity index (χ1) is 9.70. The van der Waals surface area contributed by atoms with Gasteiger partial charge in [-0.3, -0.25) is 0 Å². The van der Waals surface area contributed by atoms with Gasteiger partial charge in [0.1, 0.15) is 12.4 Å². The van der Waals surface area contributed by atoms with Crippen molar-refractivity contribution in [3.63, 3.8) is 0 Å². The summed E-state index contributed by atoms with van der Waals surface area (Å²) in [7, 11) is 0. The zero-order valence-electron chi connectivity index (χ0n) is 11.7. The predicted octanol–water partition coefficient (Wildman–Crippen LogP) is 2.48. The van der Waals surface area contributed by atoms with Crippen molar-refractivity contribution in [2.75, 3.05) is 12.3 Å². The van der Waals surface area contributed by atoms with E-state index >= 15 is 0 Å². The number of nitrogens with two attached hydrogens (primary N) is 1. The molecule has 0 atom stereocenters. The molecule has 2 N–H and O–H groups in total. The standard InChI is InChI=1S/C18H19NO/c1-3-6-15(18-8-5-4-7-14(18)2)13-20-17-11-9-16(19)10-12-17/h3-12H,2,13,19H2,1H3/b6-3-,18-15+. The maximum Gasteiger partial charge on any atom is 0.119 e. The maximum atomic E-state index is 5.81. The molecule has 0 fully saturated rings. The summed E-state index contributed by atoms with van der Waals surface area (Å²) in [5.41, 5.74) is 7.50. The lowest BCUT2D eigenvalue weighted by atomic mass is 10.1. The molecule has 0 aliphatic heterocycles. The summed E-state index contributed by atoms with van der Waals surface area (Å²) in [6, 6.07) is 15.5. The third-order valence-electron chi connectivity index (χ3n) is 3.01. The molecule has 0 aliphatic rings. The van der Waals surface area contributed by atoms with Crippen LogP contribution in [0.3, 0.4) is 0 Å². The summed E-state index contributed by atoms with van der Waals surface area (Å²) >= 11 is 0. The smallest absolute Gasteiger partial charge is 0.119 e. The summed E-state index contributed by atoms with van der Waals surface area (Å²) < 4.78 is 5.81. The molecule has 0 aliphatic carbocycles. The Bertz CT molecular complexity index is 699. The van der Waals surface area contributed by atoms with E-state index in [4.69, 9.17) is 10.5 Å². The number of hydrogen-bond acceptors (Lipinski definition) is 2. The minimum Gasteiger partial charge on any atom is -0.489 e. The van der Waals surface area contributed by atoms with Crippen LogP contribution in [-0.4, -0.2) is 6.61 Å². The lowest BCUT2D eigenvalue weighted by molar-refractivity contribution is 0.370. The van der Waals surface area contributed by atoms with Crippen molar-refractivity contribution in [2.45, 2.75) is 6.92 Å². The Morgan fingerprint density at radius 3 is 2.50 bits per heavy atom. The first-order valence-electron chi connectivity index (χ1n) is 6.59. The van der Waals surface area contributed by atoms with Crippen LogP contribution in [0, 0.1) is 0 Å². The maximum absolute atomic E-state index is 5.81.